The van der Waals surface area contributed by atoms with Gasteiger partial charge in [-0.25, -0.2) is 0 Å². The SMILES string of the molecule is O=Cc1ccccc1OCCCCCCCOc1ccccc1C=O. The molecule has 0 aliphatic rings. The third-order valence-corrected chi connectivity index (χ3v) is 3.90. The summed E-state index contributed by atoms with van der Waals surface area (Å²) in [7, 11) is 0. The molecule has 0 N–H and O–H groups in total. The summed E-state index contributed by atoms with van der Waals surface area (Å²) in [6.07, 6.45) is 6.82. The van der Waals surface area contributed by atoms with Crippen LogP contribution < -0.4 is 9.47 Å². The van der Waals surface area contributed by atoms with Crippen LogP contribution in [0.1, 0.15) is 52.8 Å². The molecule has 0 fully saturated rings. The zero-order valence-electron chi connectivity index (χ0n) is 14.4. The van der Waals surface area contributed by atoms with Crippen molar-refractivity contribution in [2.45, 2.75) is 32.1 Å². The van der Waals surface area contributed by atoms with Crippen LogP contribution in [0.25, 0.3) is 0 Å². The van der Waals surface area contributed by atoms with Gasteiger partial charge in [0, 0.05) is 0 Å². The summed E-state index contributed by atoms with van der Waals surface area (Å²) in [6, 6.07) is 14.5. The van der Waals surface area contributed by atoms with Crippen LogP contribution in [-0.2, 0) is 0 Å². The van der Waals surface area contributed by atoms with Crippen molar-refractivity contribution in [3.63, 3.8) is 0 Å². The summed E-state index contributed by atoms with van der Waals surface area (Å²) in [5.41, 5.74) is 1.19. The van der Waals surface area contributed by atoms with Gasteiger partial charge in [0.1, 0.15) is 11.5 Å². The fourth-order valence-corrected chi connectivity index (χ4v) is 2.52. The molecule has 0 aromatic heterocycles. The van der Waals surface area contributed by atoms with E-state index in [4.69, 9.17) is 9.47 Å². The maximum Gasteiger partial charge on any atom is 0.153 e. The first-order valence-electron chi connectivity index (χ1n) is 8.69. The van der Waals surface area contributed by atoms with Crippen molar-refractivity contribution in [2.24, 2.45) is 0 Å². The molecule has 0 amide bonds. The molecule has 0 radical (unpaired) electrons. The summed E-state index contributed by atoms with van der Waals surface area (Å²) in [5, 5.41) is 0. The molecule has 0 saturated carbocycles. The van der Waals surface area contributed by atoms with Crippen LogP contribution in [0, 0.1) is 0 Å². The van der Waals surface area contributed by atoms with E-state index in [1.165, 1.54) is 0 Å². The van der Waals surface area contributed by atoms with E-state index < -0.39 is 0 Å². The summed E-state index contributed by atoms with van der Waals surface area (Å²) < 4.78 is 11.3. The van der Waals surface area contributed by atoms with E-state index in [0.717, 1.165) is 44.7 Å². The van der Waals surface area contributed by atoms with E-state index in [-0.39, 0.29) is 0 Å². The normalized spacial score (nSPS) is 10.2. The lowest BCUT2D eigenvalue weighted by molar-refractivity contribution is 0.111. The van der Waals surface area contributed by atoms with E-state index in [9.17, 15) is 9.59 Å². The molecule has 2 aromatic rings. The highest BCUT2D eigenvalue weighted by molar-refractivity contribution is 5.79. The van der Waals surface area contributed by atoms with Gasteiger partial charge in [0.2, 0.25) is 0 Å². The highest BCUT2D eigenvalue weighted by atomic mass is 16.5. The highest BCUT2D eigenvalue weighted by Crippen LogP contribution is 2.17. The molecule has 0 unspecified atom stereocenters. The number of unbranched alkanes of at least 4 members (excludes halogenated alkanes) is 4. The number of ether oxygens (including phenoxy) is 2. The first-order chi connectivity index (χ1) is 12.3. The Labute approximate surface area is 148 Å². The number of carbonyl (C=O) groups is 2. The second-order valence-corrected chi connectivity index (χ2v) is 5.78. The molecule has 2 rings (SSSR count). The molecule has 0 aliphatic carbocycles. The molecule has 0 aliphatic heterocycles. The molecular formula is C21H24O4. The molecule has 0 spiro atoms. The van der Waals surface area contributed by atoms with Crippen LogP contribution in [0.15, 0.2) is 48.5 Å². The van der Waals surface area contributed by atoms with E-state index in [1.54, 1.807) is 12.1 Å². The Balaban J connectivity index is 1.52. The lowest BCUT2D eigenvalue weighted by Gasteiger charge is -2.09. The van der Waals surface area contributed by atoms with Crippen LogP contribution in [0.4, 0.5) is 0 Å². The molecule has 0 atom stereocenters. The monoisotopic (exact) mass is 340 g/mol. The molecule has 132 valence electrons. The highest BCUT2D eigenvalue weighted by Gasteiger charge is 2.02. The number of hydrogen-bond acceptors (Lipinski definition) is 4. The quantitative estimate of drug-likeness (QED) is 0.414. The van der Waals surface area contributed by atoms with Gasteiger partial charge in [0.15, 0.2) is 12.6 Å². The predicted molar refractivity (Wildman–Crippen MR) is 97.7 cm³/mol. The Morgan fingerprint density at radius 1 is 0.600 bits per heavy atom. The van der Waals surface area contributed by atoms with Gasteiger partial charge in [-0.3, -0.25) is 9.59 Å². The molecule has 25 heavy (non-hydrogen) atoms. The van der Waals surface area contributed by atoms with Gasteiger partial charge in [-0.1, -0.05) is 43.5 Å². The Hall–Kier alpha value is -2.62. The van der Waals surface area contributed by atoms with E-state index in [0.29, 0.717) is 35.8 Å². The van der Waals surface area contributed by atoms with Crippen LogP contribution >= 0.6 is 0 Å². The Morgan fingerprint density at radius 3 is 1.44 bits per heavy atom. The molecule has 0 saturated heterocycles. The Morgan fingerprint density at radius 2 is 1.00 bits per heavy atom. The standard InChI is InChI=1S/C21H24O4/c22-16-18-10-4-6-12-20(18)24-14-8-2-1-3-9-15-25-21-13-7-5-11-19(21)17-23/h4-7,10-13,16-17H,1-3,8-9,14-15H2. The second kappa shape index (κ2) is 11.0. The predicted octanol–water partition coefficient (Wildman–Crippen LogP) is 4.72. The summed E-state index contributed by atoms with van der Waals surface area (Å²) in [6.45, 7) is 1.24. The van der Waals surface area contributed by atoms with E-state index >= 15 is 0 Å². The molecular weight excluding hydrogens is 316 g/mol. The maximum absolute atomic E-state index is 10.9. The number of carbonyl (C=O) groups excluding carboxylic acids is 2. The lowest BCUT2D eigenvalue weighted by atomic mass is 10.1. The van der Waals surface area contributed by atoms with Gasteiger partial charge < -0.3 is 9.47 Å². The third kappa shape index (κ3) is 6.42. The van der Waals surface area contributed by atoms with Crippen molar-refractivity contribution in [2.75, 3.05) is 13.2 Å². The van der Waals surface area contributed by atoms with Gasteiger partial charge >= 0.3 is 0 Å². The first-order valence-corrected chi connectivity index (χ1v) is 8.69. The minimum atomic E-state index is 0.593. The van der Waals surface area contributed by atoms with Crippen molar-refractivity contribution in [1.82, 2.24) is 0 Å². The molecule has 4 nitrogen and oxygen atoms in total. The van der Waals surface area contributed by atoms with Gasteiger partial charge in [0.05, 0.1) is 24.3 Å². The van der Waals surface area contributed by atoms with Crippen molar-refractivity contribution in [3.05, 3.63) is 59.7 Å². The molecule has 2 aromatic carbocycles. The lowest BCUT2D eigenvalue weighted by Crippen LogP contribution is -2.01. The fourth-order valence-electron chi connectivity index (χ4n) is 2.52. The average molecular weight is 340 g/mol. The second-order valence-electron chi connectivity index (χ2n) is 5.78. The van der Waals surface area contributed by atoms with Crippen molar-refractivity contribution < 1.29 is 19.1 Å². The van der Waals surface area contributed by atoms with Crippen molar-refractivity contribution in [1.29, 1.82) is 0 Å². The molecule has 4 heteroatoms. The van der Waals surface area contributed by atoms with Crippen LogP contribution in [0.3, 0.4) is 0 Å². The smallest absolute Gasteiger partial charge is 0.153 e. The summed E-state index contributed by atoms with van der Waals surface area (Å²) in [5.74, 6) is 1.31. The van der Waals surface area contributed by atoms with Crippen molar-refractivity contribution in [3.8, 4) is 11.5 Å². The van der Waals surface area contributed by atoms with Gasteiger partial charge in [-0.2, -0.15) is 0 Å². The number of rotatable bonds is 12. The number of hydrogen-bond donors (Lipinski definition) is 0. The minimum absolute atomic E-state index is 0.593. The van der Waals surface area contributed by atoms with Crippen molar-refractivity contribution >= 4 is 12.6 Å². The third-order valence-electron chi connectivity index (χ3n) is 3.90. The van der Waals surface area contributed by atoms with Gasteiger partial charge in [-0.15, -0.1) is 0 Å². The number of benzene rings is 2. The summed E-state index contributed by atoms with van der Waals surface area (Å²) >= 11 is 0. The molecule has 0 bridgehead atoms. The summed E-state index contributed by atoms with van der Waals surface area (Å²) in [4.78, 5) is 21.8. The zero-order valence-corrected chi connectivity index (χ0v) is 14.4. The molecule has 0 heterocycles. The van der Waals surface area contributed by atoms with E-state index in [2.05, 4.69) is 0 Å². The van der Waals surface area contributed by atoms with Gasteiger partial charge in [-0.05, 0) is 37.1 Å². The fraction of sp³-hybridized carbons (Fsp3) is 0.333. The maximum atomic E-state index is 10.9. The number of para-hydroxylation sites is 2. The Kier molecular flexibility index (Phi) is 8.25. The van der Waals surface area contributed by atoms with Gasteiger partial charge in [0.25, 0.3) is 0 Å². The van der Waals surface area contributed by atoms with Crippen LogP contribution in [-0.4, -0.2) is 25.8 Å². The first kappa shape index (κ1) is 18.7. The number of aldehydes is 2. The van der Waals surface area contributed by atoms with E-state index in [1.807, 2.05) is 36.4 Å². The minimum Gasteiger partial charge on any atom is -0.493 e. The Bertz CT molecular complexity index is 609. The van der Waals surface area contributed by atoms with Crippen LogP contribution in [0.5, 0.6) is 11.5 Å². The largest absolute Gasteiger partial charge is 0.493 e. The topological polar surface area (TPSA) is 52.6 Å². The van der Waals surface area contributed by atoms with Crippen LogP contribution in [0.2, 0.25) is 0 Å². The zero-order chi connectivity index (χ0) is 17.7. The average Bonchev–Trinajstić information content (AvgIpc) is 2.67.